The molecule has 0 aliphatic carbocycles. The first kappa shape index (κ1) is 29.1. The van der Waals surface area contributed by atoms with Crippen LogP contribution in [0.4, 0.5) is 0 Å². The van der Waals surface area contributed by atoms with E-state index in [1.54, 1.807) is 0 Å². The molecule has 3 heterocycles. The fourth-order valence-corrected chi connectivity index (χ4v) is 11.9. The number of hydrogen-bond donors (Lipinski definition) is 0. The molecule has 50 heavy (non-hydrogen) atoms. The minimum absolute atomic E-state index is 0.113. The van der Waals surface area contributed by atoms with Crippen LogP contribution in [-0.2, 0) is 0 Å². The van der Waals surface area contributed by atoms with Gasteiger partial charge in [-0.15, -0.1) is 10.0 Å². The van der Waals surface area contributed by atoms with Crippen molar-refractivity contribution in [3.8, 4) is 11.1 Å². The fourth-order valence-electron chi connectivity index (χ4n) is 8.00. The standard InChI is InChI=1S/C46H35N3S/c1-5-16-34(17-6-1)35-28-29-42-41-26-13-14-27-44(41)48(45(42)33-35)46-47-31-30-43(49(46)47)36-18-15-25-40(32-36)50(37-19-7-2-8-20-37,38-21-9-3-10-22-38)39-23-11-4-12-24-39/h1-30,32-33,46H,31H2. The van der Waals surface area contributed by atoms with Crippen molar-refractivity contribution in [2.45, 2.75) is 25.9 Å². The summed E-state index contributed by atoms with van der Waals surface area (Å²) < 4.78 is 2.54. The third-order valence-electron chi connectivity index (χ3n) is 10.2. The number of aromatic nitrogens is 1. The molecule has 7 aromatic carbocycles. The summed E-state index contributed by atoms with van der Waals surface area (Å²) in [6, 6.07) is 69.2. The minimum Gasteiger partial charge on any atom is -0.304 e. The number of benzene rings is 7. The Kier molecular flexibility index (Phi) is 6.80. The second-order valence-corrected chi connectivity index (χ2v) is 16.1. The first-order valence-electron chi connectivity index (χ1n) is 17.3. The molecular formula is C46H35N3S. The highest BCUT2D eigenvalue weighted by Gasteiger charge is 2.52. The number of hydrogen-bond acceptors (Lipinski definition) is 2. The molecule has 0 bridgehead atoms. The second kappa shape index (κ2) is 11.7. The lowest BCUT2D eigenvalue weighted by atomic mass is 10.0. The van der Waals surface area contributed by atoms with Crippen molar-refractivity contribution in [1.29, 1.82) is 0 Å². The molecule has 2 atom stereocenters. The van der Waals surface area contributed by atoms with Gasteiger partial charge in [-0.05, 0) is 77.9 Å². The van der Waals surface area contributed by atoms with Gasteiger partial charge in [0.15, 0.2) is 6.29 Å². The largest absolute Gasteiger partial charge is 0.304 e. The molecule has 1 aromatic heterocycles. The molecule has 4 heteroatoms. The van der Waals surface area contributed by atoms with Crippen molar-refractivity contribution in [2.24, 2.45) is 0 Å². The molecule has 1 saturated heterocycles. The van der Waals surface area contributed by atoms with Crippen molar-refractivity contribution in [3.05, 3.63) is 200 Å². The Labute approximate surface area is 294 Å². The highest BCUT2D eigenvalue weighted by molar-refractivity contribution is 8.34. The summed E-state index contributed by atoms with van der Waals surface area (Å²) in [6.45, 7) is 0.880. The number of para-hydroxylation sites is 1. The summed E-state index contributed by atoms with van der Waals surface area (Å²) in [6.07, 6.45) is 2.50. The van der Waals surface area contributed by atoms with E-state index in [-0.39, 0.29) is 6.29 Å². The van der Waals surface area contributed by atoms with Crippen LogP contribution in [0.5, 0.6) is 0 Å². The molecule has 2 unspecified atom stereocenters. The molecule has 0 radical (unpaired) electrons. The predicted octanol–water partition coefficient (Wildman–Crippen LogP) is 11.8. The molecule has 10 rings (SSSR count). The van der Waals surface area contributed by atoms with Crippen LogP contribution in [0.1, 0.15) is 11.9 Å². The maximum Gasteiger partial charge on any atom is 0.196 e. The van der Waals surface area contributed by atoms with Crippen LogP contribution in [0.25, 0.3) is 38.6 Å². The van der Waals surface area contributed by atoms with Gasteiger partial charge < -0.3 is 4.57 Å². The summed E-state index contributed by atoms with van der Waals surface area (Å²) in [5.41, 5.74) is 7.52. The van der Waals surface area contributed by atoms with Gasteiger partial charge in [0.1, 0.15) is 0 Å². The quantitative estimate of drug-likeness (QED) is 0.157. The number of nitrogens with zero attached hydrogens (tertiary/aromatic N) is 3. The van der Waals surface area contributed by atoms with Crippen molar-refractivity contribution >= 4 is 37.5 Å². The Bertz CT molecular complexity index is 2430. The SMILES string of the molecule is C1=C(c2cccc(S(c3ccccc3)(c3ccccc3)c3ccccc3)c2)N2C(n3c4ccccc4c4ccc(-c5ccccc5)cc43)N2C1. The molecule has 8 aromatic rings. The van der Waals surface area contributed by atoms with Crippen LogP contribution in [0.15, 0.2) is 214 Å². The molecule has 240 valence electrons. The third kappa shape index (κ3) is 4.42. The minimum atomic E-state index is -1.78. The van der Waals surface area contributed by atoms with Gasteiger partial charge in [0.05, 0.1) is 16.7 Å². The van der Waals surface area contributed by atoms with Gasteiger partial charge in [-0.3, -0.25) is 5.01 Å². The van der Waals surface area contributed by atoms with E-state index < -0.39 is 10.0 Å². The lowest BCUT2D eigenvalue weighted by molar-refractivity contribution is 0.448. The van der Waals surface area contributed by atoms with E-state index in [1.165, 1.54) is 63.8 Å². The molecule has 0 spiro atoms. The Balaban J connectivity index is 1.11. The molecule has 0 saturated carbocycles. The van der Waals surface area contributed by atoms with E-state index in [9.17, 15) is 0 Å². The van der Waals surface area contributed by atoms with Crippen LogP contribution in [0.3, 0.4) is 0 Å². The molecule has 2 aliphatic rings. The van der Waals surface area contributed by atoms with Crippen molar-refractivity contribution < 1.29 is 0 Å². The Morgan fingerprint density at radius 2 is 0.960 bits per heavy atom. The maximum atomic E-state index is 2.54. The average Bonchev–Trinajstić information content (AvgIpc) is 3.54. The molecule has 0 N–H and O–H groups in total. The number of rotatable bonds is 7. The summed E-state index contributed by atoms with van der Waals surface area (Å²) >= 11 is 0. The molecule has 0 amide bonds. The first-order chi connectivity index (χ1) is 24.8. The summed E-state index contributed by atoms with van der Waals surface area (Å²) in [7, 11) is -1.78. The average molecular weight is 662 g/mol. The first-order valence-corrected chi connectivity index (χ1v) is 18.9. The van der Waals surface area contributed by atoms with Gasteiger partial charge in [-0.25, -0.2) is 0 Å². The summed E-state index contributed by atoms with van der Waals surface area (Å²) in [5, 5.41) is 7.56. The Morgan fingerprint density at radius 3 is 1.62 bits per heavy atom. The lowest BCUT2D eigenvalue weighted by Gasteiger charge is -2.42. The predicted molar refractivity (Wildman–Crippen MR) is 207 cm³/mol. The number of fused-ring (bicyclic) bond motifs is 4. The van der Waals surface area contributed by atoms with E-state index in [0.717, 1.165) is 6.54 Å². The number of hydrazine groups is 1. The van der Waals surface area contributed by atoms with Crippen LogP contribution in [-0.4, -0.2) is 21.1 Å². The lowest BCUT2D eigenvalue weighted by Crippen LogP contribution is -2.07. The molecular weight excluding hydrogens is 627 g/mol. The van der Waals surface area contributed by atoms with Crippen LogP contribution < -0.4 is 0 Å². The van der Waals surface area contributed by atoms with Crippen LogP contribution >= 0.6 is 10.0 Å². The van der Waals surface area contributed by atoms with Gasteiger partial charge in [0, 0.05) is 42.5 Å². The summed E-state index contributed by atoms with van der Waals surface area (Å²) in [4.78, 5) is 5.34. The van der Waals surface area contributed by atoms with E-state index in [4.69, 9.17) is 0 Å². The maximum absolute atomic E-state index is 2.54. The third-order valence-corrected chi connectivity index (χ3v) is 14.1. The Hall–Kier alpha value is -5.81. The van der Waals surface area contributed by atoms with Gasteiger partial charge in [0.25, 0.3) is 0 Å². The van der Waals surface area contributed by atoms with Crippen molar-refractivity contribution in [1.82, 2.24) is 14.6 Å². The molecule has 1 fully saturated rings. The van der Waals surface area contributed by atoms with Gasteiger partial charge >= 0.3 is 0 Å². The van der Waals surface area contributed by atoms with Gasteiger partial charge in [-0.1, -0.05) is 127 Å². The van der Waals surface area contributed by atoms with E-state index >= 15 is 0 Å². The van der Waals surface area contributed by atoms with E-state index in [0.29, 0.717) is 0 Å². The highest BCUT2D eigenvalue weighted by Crippen LogP contribution is 2.73. The normalized spacial score (nSPS) is 17.1. The van der Waals surface area contributed by atoms with Crippen molar-refractivity contribution in [2.75, 3.05) is 6.54 Å². The van der Waals surface area contributed by atoms with E-state index in [1.807, 2.05) is 0 Å². The zero-order valence-corrected chi connectivity index (χ0v) is 28.3. The highest BCUT2D eigenvalue weighted by atomic mass is 32.3. The van der Waals surface area contributed by atoms with Gasteiger partial charge in [-0.2, -0.15) is 5.01 Å². The van der Waals surface area contributed by atoms with Crippen LogP contribution in [0, 0.1) is 0 Å². The van der Waals surface area contributed by atoms with E-state index in [2.05, 4.69) is 209 Å². The topological polar surface area (TPSA) is 10.9 Å². The van der Waals surface area contributed by atoms with Crippen LogP contribution in [0.2, 0.25) is 0 Å². The fraction of sp³-hybridized carbons (Fsp3) is 0.0435. The zero-order chi connectivity index (χ0) is 33.1. The smallest absolute Gasteiger partial charge is 0.196 e. The summed E-state index contributed by atoms with van der Waals surface area (Å²) in [5.74, 6) is 0. The van der Waals surface area contributed by atoms with Crippen molar-refractivity contribution in [3.63, 3.8) is 0 Å². The zero-order valence-electron chi connectivity index (χ0n) is 27.5. The monoisotopic (exact) mass is 661 g/mol. The second-order valence-electron chi connectivity index (χ2n) is 13.0. The Morgan fingerprint density at radius 1 is 0.420 bits per heavy atom. The van der Waals surface area contributed by atoms with Gasteiger partial charge in [0.2, 0.25) is 0 Å². The molecule has 3 nitrogen and oxygen atoms in total. The molecule has 2 aliphatic heterocycles.